The molecule has 3 aromatic carbocycles. The first-order valence-electron chi connectivity index (χ1n) is 11.6. The number of nitrogens with one attached hydrogen (secondary N) is 1. The Morgan fingerprint density at radius 3 is 2.43 bits per heavy atom. The van der Waals surface area contributed by atoms with E-state index in [4.69, 9.17) is 10.2 Å². The topological polar surface area (TPSA) is 88.5 Å². The van der Waals surface area contributed by atoms with Crippen molar-refractivity contribution in [3.05, 3.63) is 106 Å². The summed E-state index contributed by atoms with van der Waals surface area (Å²) in [6, 6.07) is 17.7. The summed E-state index contributed by atoms with van der Waals surface area (Å²) < 4.78 is 33.6. The SMILES string of the molecule is CCc1cccc(CNC[C@@H](c2oc3ccccc3c2C(=O)O)[C@@H](N)Cc2cc(F)cc(F)c2)c1. The van der Waals surface area contributed by atoms with Crippen molar-refractivity contribution in [3.63, 3.8) is 0 Å². The number of para-hydroxylation sites is 1. The number of rotatable bonds is 10. The van der Waals surface area contributed by atoms with Crippen molar-refractivity contribution in [1.82, 2.24) is 5.32 Å². The highest BCUT2D eigenvalue weighted by Gasteiger charge is 2.31. The lowest BCUT2D eigenvalue weighted by molar-refractivity contribution is 0.0695. The van der Waals surface area contributed by atoms with Crippen LogP contribution in [0.4, 0.5) is 8.78 Å². The van der Waals surface area contributed by atoms with Gasteiger partial charge in [0.05, 0.1) is 0 Å². The Morgan fingerprint density at radius 1 is 1.00 bits per heavy atom. The summed E-state index contributed by atoms with van der Waals surface area (Å²) in [5.41, 5.74) is 9.77. The molecular formula is C28H28F2N2O3. The molecule has 0 amide bonds. The molecule has 1 aromatic heterocycles. The van der Waals surface area contributed by atoms with Crippen molar-refractivity contribution in [3.8, 4) is 0 Å². The largest absolute Gasteiger partial charge is 0.478 e. The molecular weight excluding hydrogens is 450 g/mol. The third-order valence-electron chi connectivity index (χ3n) is 6.18. The van der Waals surface area contributed by atoms with Crippen LogP contribution in [0, 0.1) is 11.6 Å². The Labute approximate surface area is 202 Å². The predicted molar refractivity (Wildman–Crippen MR) is 131 cm³/mol. The van der Waals surface area contributed by atoms with Crippen LogP contribution < -0.4 is 11.1 Å². The van der Waals surface area contributed by atoms with Gasteiger partial charge >= 0.3 is 5.97 Å². The zero-order chi connectivity index (χ0) is 24.9. The van der Waals surface area contributed by atoms with E-state index in [1.165, 1.54) is 17.7 Å². The zero-order valence-corrected chi connectivity index (χ0v) is 19.4. The third kappa shape index (κ3) is 5.75. The number of halogens is 2. The second-order valence-corrected chi connectivity index (χ2v) is 8.70. The quantitative estimate of drug-likeness (QED) is 0.283. The Balaban J connectivity index is 1.65. The molecule has 0 fully saturated rings. The fourth-order valence-corrected chi connectivity index (χ4v) is 4.46. The van der Waals surface area contributed by atoms with E-state index < -0.39 is 29.6 Å². The first-order valence-corrected chi connectivity index (χ1v) is 11.6. The highest BCUT2D eigenvalue weighted by Crippen LogP contribution is 2.33. The van der Waals surface area contributed by atoms with Gasteiger partial charge in [0.15, 0.2) is 0 Å². The van der Waals surface area contributed by atoms with E-state index in [-0.39, 0.29) is 17.7 Å². The van der Waals surface area contributed by atoms with Gasteiger partial charge in [0.25, 0.3) is 0 Å². The minimum atomic E-state index is -1.12. The Bertz CT molecular complexity index is 1310. The second kappa shape index (κ2) is 10.8. The Hall–Kier alpha value is -3.55. The number of fused-ring (bicyclic) bond motifs is 1. The van der Waals surface area contributed by atoms with Crippen LogP contribution in [0.3, 0.4) is 0 Å². The van der Waals surface area contributed by atoms with Crippen LogP contribution in [0.15, 0.2) is 71.1 Å². The smallest absolute Gasteiger partial charge is 0.339 e. The molecule has 1 heterocycles. The van der Waals surface area contributed by atoms with Crippen LogP contribution in [0.2, 0.25) is 0 Å². The molecule has 35 heavy (non-hydrogen) atoms. The molecule has 7 heteroatoms. The number of carbonyl (C=O) groups is 1. The van der Waals surface area contributed by atoms with E-state index in [2.05, 4.69) is 24.4 Å². The summed E-state index contributed by atoms with van der Waals surface area (Å²) in [5.74, 6) is -2.80. The summed E-state index contributed by atoms with van der Waals surface area (Å²) in [6.45, 7) is 2.95. The average Bonchev–Trinajstić information content (AvgIpc) is 3.20. The fraction of sp³-hybridized carbons (Fsp3) is 0.250. The van der Waals surface area contributed by atoms with E-state index in [1.807, 2.05) is 12.1 Å². The van der Waals surface area contributed by atoms with E-state index in [9.17, 15) is 18.7 Å². The van der Waals surface area contributed by atoms with Gasteiger partial charge in [0, 0.05) is 36.5 Å². The third-order valence-corrected chi connectivity index (χ3v) is 6.18. The van der Waals surface area contributed by atoms with Crippen LogP contribution in [0.1, 0.15) is 45.7 Å². The van der Waals surface area contributed by atoms with Gasteiger partial charge in [-0.15, -0.1) is 0 Å². The van der Waals surface area contributed by atoms with Gasteiger partial charge in [0.2, 0.25) is 0 Å². The summed E-state index contributed by atoms with van der Waals surface area (Å²) in [6.07, 6.45) is 1.06. The van der Waals surface area contributed by atoms with E-state index in [0.717, 1.165) is 18.1 Å². The second-order valence-electron chi connectivity index (χ2n) is 8.70. The minimum Gasteiger partial charge on any atom is -0.478 e. The number of carboxylic acids is 1. The first kappa shape index (κ1) is 24.6. The van der Waals surface area contributed by atoms with Gasteiger partial charge in [-0.3, -0.25) is 0 Å². The lowest BCUT2D eigenvalue weighted by atomic mass is 9.89. The molecule has 0 spiro atoms. The standard InChI is InChI=1S/C28H28F2N2O3/c1-2-17-6-5-7-18(10-17)15-32-16-23(24(31)13-19-11-20(29)14-21(30)12-19)27-26(28(33)34)22-8-3-4-9-25(22)35-27/h3-12,14,23-24,32H,2,13,15-16,31H2,1H3,(H,33,34)/t23-,24+/m1/s1. The van der Waals surface area contributed by atoms with Crippen molar-refractivity contribution in [2.45, 2.75) is 38.3 Å². The van der Waals surface area contributed by atoms with Gasteiger partial charge in [-0.05, 0) is 47.7 Å². The molecule has 0 radical (unpaired) electrons. The number of benzene rings is 3. The molecule has 0 unspecified atom stereocenters. The Kier molecular flexibility index (Phi) is 7.58. The summed E-state index contributed by atoms with van der Waals surface area (Å²) in [7, 11) is 0. The molecule has 0 bridgehead atoms. The summed E-state index contributed by atoms with van der Waals surface area (Å²) in [5, 5.41) is 13.8. The van der Waals surface area contributed by atoms with Crippen LogP contribution >= 0.6 is 0 Å². The van der Waals surface area contributed by atoms with Crippen LogP contribution in [0.25, 0.3) is 11.0 Å². The molecule has 182 valence electrons. The maximum atomic E-state index is 13.8. The Morgan fingerprint density at radius 2 is 1.71 bits per heavy atom. The number of carboxylic acid groups (broad SMARTS) is 1. The highest BCUT2D eigenvalue weighted by atomic mass is 19.1. The van der Waals surface area contributed by atoms with Crippen molar-refractivity contribution in [2.24, 2.45) is 5.73 Å². The number of furan rings is 1. The fourth-order valence-electron chi connectivity index (χ4n) is 4.46. The molecule has 4 aromatic rings. The minimum absolute atomic E-state index is 0.0567. The van der Waals surface area contributed by atoms with Crippen LogP contribution in [-0.4, -0.2) is 23.7 Å². The number of aryl methyl sites for hydroxylation is 1. The molecule has 0 aliphatic carbocycles. The number of nitrogens with two attached hydrogens (primary N) is 1. The van der Waals surface area contributed by atoms with Crippen LogP contribution in [-0.2, 0) is 19.4 Å². The summed E-state index contributed by atoms with van der Waals surface area (Å²) in [4.78, 5) is 12.2. The maximum Gasteiger partial charge on any atom is 0.339 e. The van der Waals surface area contributed by atoms with E-state index in [1.54, 1.807) is 24.3 Å². The van der Waals surface area contributed by atoms with Gasteiger partial charge in [-0.1, -0.05) is 49.4 Å². The molecule has 4 N–H and O–H groups in total. The molecule has 2 atom stereocenters. The zero-order valence-electron chi connectivity index (χ0n) is 19.4. The lowest BCUT2D eigenvalue weighted by Gasteiger charge is -2.24. The number of hydrogen-bond donors (Lipinski definition) is 3. The first-order chi connectivity index (χ1) is 16.9. The van der Waals surface area contributed by atoms with Crippen LogP contribution in [0.5, 0.6) is 0 Å². The normalized spacial score (nSPS) is 13.1. The maximum absolute atomic E-state index is 13.8. The van der Waals surface area contributed by atoms with Crippen molar-refractivity contribution < 1.29 is 23.1 Å². The van der Waals surface area contributed by atoms with E-state index in [0.29, 0.717) is 29.6 Å². The van der Waals surface area contributed by atoms with Crippen molar-refractivity contribution in [2.75, 3.05) is 6.54 Å². The lowest BCUT2D eigenvalue weighted by Crippen LogP contribution is -2.37. The number of hydrogen-bond acceptors (Lipinski definition) is 4. The van der Waals surface area contributed by atoms with Crippen molar-refractivity contribution in [1.29, 1.82) is 0 Å². The van der Waals surface area contributed by atoms with Crippen molar-refractivity contribution >= 4 is 16.9 Å². The van der Waals surface area contributed by atoms with Gasteiger partial charge in [-0.25, -0.2) is 13.6 Å². The average molecular weight is 479 g/mol. The predicted octanol–water partition coefficient (Wildman–Crippen LogP) is 5.42. The van der Waals surface area contributed by atoms with Gasteiger partial charge in [0.1, 0.15) is 28.5 Å². The monoisotopic (exact) mass is 478 g/mol. The molecule has 5 nitrogen and oxygen atoms in total. The summed E-state index contributed by atoms with van der Waals surface area (Å²) >= 11 is 0. The van der Waals surface area contributed by atoms with Gasteiger partial charge in [-0.2, -0.15) is 0 Å². The molecule has 0 saturated carbocycles. The molecule has 0 saturated heterocycles. The molecule has 4 rings (SSSR count). The molecule has 0 aliphatic rings. The van der Waals surface area contributed by atoms with Gasteiger partial charge < -0.3 is 20.6 Å². The number of aromatic carboxylic acids is 1. The highest BCUT2D eigenvalue weighted by molar-refractivity contribution is 6.03. The molecule has 0 aliphatic heterocycles. The van der Waals surface area contributed by atoms with E-state index >= 15 is 0 Å².